The molecule has 1 unspecified atom stereocenters. The average Bonchev–Trinajstić information content (AvgIpc) is 2.94. The molecule has 6 nitrogen and oxygen atoms in total. The summed E-state index contributed by atoms with van der Waals surface area (Å²) in [6, 6.07) is 12.6. The first kappa shape index (κ1) is 17.9. The molecule has 1 aromatic heterocycles. The van der Waals surface area contributed by atoms with E-state index in [1.54, 1.807) is 15.5 Å². The van der Waals surface area contributed by atoms with Crippen LogP contribution >= 0.6 is 0 Å². The van der Waals surface area contributed by atoms with Crippen molar-refractivity contribution in [2.45, 2.75) is 39.3 Å². The van der Waals surface area contributed by atoms with Crippen LogP contribution in [0.25, 0.3) is 0 Å². The highest BCUT2D eigenvalue weighted by atomic mass is 16.2. The van der Waals surface area contributed by atoms with Crippen molar-refractivity contribution in [2.24, 2.45) is 0 Å². The van der Waals surface area contributed by atoms with Gasteiger partial charge in [-0.15, -0.1) is 0 Å². The SMILES string of the molecule is Cc1cccc(N2CC(NC(=O)CCn3c(C)cccc3=O)CC2=O)c1. The second-order valence-corrected chi connectivity index (χ2v) is 6.72. The molecule has 1 N–H and O–H groups in total. The van der Waals surface area contributed by atoms with Gasteiger partial charge in [-0.3, -0.25) is 14.4 Å². The Morgan fingerprint density at radius 2 is 1.92 bits per heavy atom. The minimum absolute atomic E-state index is 0.0102. The van der Waals surface area contributed by atoms with Crippen molar-refractivity contribution in [1.82, 2.24) is 9.88 Å². The molecular weight excluding hydrogens is 330 g/mol. The smallest absolute Gasteiger partial charge is 0.250 e. The van der Waals surface area contributed by atoms with E-state index in [0.29, 0.717) is 19.5 Å². The molecule has 1 fully saturated rings. The first-order chi connectivity index (χ1) is 12.4. The molecule has 0 aliphatic carbocycles. The van der Waals surface area contributed by atoms with Crippen molar-refractivity contribution in [1.29, 1.82) is 0 Å². The van der Waals surface area contributed by atoms with Crippen molar-refractivity contribution < 1.29 is 9.59 Å². The normalized spacial score (nSPS) is 16.8. The van der Waals surface area contributed by atoms with Crippen molar-refractivity contribution in [3.8, 4) is 0 Å². The number of nitrogens with one attached hydrogen (secondary N) is 1. The Morgan fingerprint density at radius 1 is 1.15 bits per heavy atom. The number of rotatable bonds is 5. The third-order valence-corrected chi connectivity index (χ3v) is 4.63. The molecule has 1 atom stereocenters. The summed E-state index contributed by atoms with van der Waals surface area (Å²) in [6.07, 6.45) is 0.504. The second-order valence-electron chi connectivity index (χ2n) is 6.72. The molecule has 136 valence electrons. The van der Waals surface area contributed by atoms with E-state index in [1.807, 2.05) is 44.2 Å². The van der Waals surface area contributed by atoms with Crippen LogP contribution in [0.3, 0.4) is 0 Å². The van der Waals surface area contributed by atoms with Crippen molar-refractivity contribution in [2.75, 3.05) is 11.4 Å². The summed E-state index contributed by atoms with van der Waals surface area (Å²) >= 11 is 0. The lowest BCUT2D eigenvalue weighted by atomic mass is 10.2. The van der Waals surface area contributed by atoms with E-state index < -0.39 is 0 Å². The number of carbonyl (C=O) groups excluding carboxylic acids is 2. The lowest BCUT2D eigenvalue weighted by Crippen LogP contribution is -2.38. The number of amides is 2. The van der Waals surface area contributed by atoms with Crippen LogP contribution in [-0.4, -0.2) is 29.0 Å². The number of anilines is 1. The van der Waals surface area contributed by atoms with Gasteiger partial charge in [0.25, 0.3) is 5.56 Å². The average molecular weight is 353 g/mol. The van der Waals surface area contributed by atoms with Crippen molar-refractivity contribution >= 4 is 17.5 Å². The molecular formula is C20H23N3O3. The zero-order valence-electron chi connectivity index (χ0n) is 15.1. The summed E-state index contributed by atoms with van der Waals surface area (Å²) < 4.78 is 1.58. The maximum Gasteiger partial charge on any atom is 0.250 e. The van der Waals surface area contributed by atoms with E-state index in [9.17, 15) is 14.4 Å². The monoisotopic (exact) mass is 353 g/mol. The molecule has 1 saturated heterocycles. The molecule has 2 amide bonds. The molecule has 6 heteroatoms. The van der Waals surface area contributed by atoms with Crippen LogP contribution in [0.5, 0.6) is 0 Å². The van der Waals surface area contributed by atoms with Gasteiger partial charge in [-0.1, -0.05) is 18.2 Å². The Balaban J connectivity index is 1.57. The van der Waals surface area contributed by atoms with Gasteiger partial charge >= 0.3 is 0 Å². The number of nitrogens with zero attached hydrogens (tertiary/aromatic N) is 2. The number of benzene rings is 1. The Hall–Kier alpha value is -2.89. The van der Waals surface area contributed by atoms with Gasteiger partial charge in [0.15, 0.2) is 0 Å². The molecule has 2 heterocycles. The van der Waals surface area contributed by atoms with Gasteiger partial charge in [0.1, 0.15) is 0 Å². The lowest BCUT2D eigenvalue weighted by molar-refractivity contribution is -0.122. The maximum atomic E-state index is 12.3. The molecule has 1 aliphatic heterocycles. The maximum absolute atomic E-state index is 12.3. The summed E-state index contributed by atoms with van der Waals surface area (Å²) in [5, 5.41) is 2.92. The zero-order valence-corrected chi connectivity index (χ0v) is 15.1. The first-order valence-electron chi connectivity index (χ1n) is 8.77. The van der Waals surface area contributed by atoms with E-state index in [1.165, 1.54) is 6.07 Å². The standard InChI is InChI=1S/C20H23N3O3/c1-14-5-3-7-17(11-14)23-13-16(12-20(23)26)21-18(24)9-10-22-15(2)6-4-8-19(22)25/h3-8,11,16H,9-10,12-13H2,1-2H3,(H,21,24). The molecule has 1 aliphatic rings. The zero-order chi connectivity index (χ0) is 18.7. The van der Waals surface area contributed by atoms with Crippen LogP contribution in [-0.2, 0) is 16.1 Å². The quantitative estimate of drug-likeness (QED) is 0.891. The van der Waals surface area contributed by atoms with Crippen LogP contribution in [0.15, 0.2) is 47.3 Å². The number of aromatic nitrogens is 1. The highest BCUT2D eigenvalue weighted by molar-refractivity contribution is 5.96. The molecule has 0 bridgehead atoms. The lowest BCUT2D eigenvalue weighted by Gasteiger charge is -2.18. The number of aryl methyl sites for hydroxylation is 2. The topological polar surface area (TPSA) is 71.4 Å². The molecule has 26 heavy (non-hydrogen) atoms. The molecule has 2 aromatic rings. The third-order valence-electron chi connectivity index (χ3n) is 4.63. The molecule has 0 saturated carbocycles. The Kier molecular flexibility index (Phi) is 5.21. The predicted octanol–water partition coefficient (Wildman–Crippen LogP) is 1.78. The van der Waals surface area contributed by atoms with Crippen LogP contribution in [0.4, 0.5) is 5.69 Å². The largest absolute Gasteiger partial charge is 0.351 e. The van der Waals surface area contributed by atoms with Gasteiger partial charge in [-0.2, -0.15) is 0 Å². The molecule has 0 spiro atoms. The molecule has 0 radical (unpaired) electrons. The van der Waals surface area contributed by atoms with E-state index in [4.69, 9.17) is 0 Å². The van der Waals surface area contributed by atoms with Crippen LogP contribution < -0.4 is 15.8 Å². The van der Waals surface area contributed by atoms with Gasteiger partial charge in [0, 0.05) is 43.4 Å². The summed E-state index contributed by atoms with van der Waals surface area (Å²) in [4.78, 5) is 38.1. The van der Waals surface area contributed by atoms with E-state index in [2.05, 4.69) is 5.32 Å². The summed E-state index contributed by atoms with van der Waals surface area (Å²) in [6.45, 7) is 4.63. The van der Waals surface area contributed by atoms with Crippen molar-refractivity contribution in [3.05, 3.63) is 64.1 Å². The van der Waals surface area contributed by atoms with Gasteiger partial charge < -0.3 is 14.8 Å². The fourth-order valence-electron chi connectivity index (χ4n) is 3.27. The van der Waals surface area contributed by atoms with Crippen LogP contribution in [0.1, 0.15) is 24.1 Å². The van der Waals surface area contributed by atoms with Crippen molar-refractivity contribution in [3.63, 3.8) is 0 Å². The fourth-order valence-corrected chi connectivity index (χ4v) is 3.27. The highest BCUT2D eigenvalue weighted by Crippen LogP contribution is 2.22. The Morgan fingerprint density at radius 3 is 2.65 bits per heavy atom. The number of hydrogen-bond acceptors (Lipinski definition) is 3. The minimum Gasteiger partial charge on any atom is -0.351 e. The van der Waals surface area contributed by atoms with E-state index in [0.717, 1.165) is 16.9 Å². The molecule has 1 aromatic carbocycles. The summed E-state index contributed by atoms with van der Waals surface area (Å²) in [5.74, 6) is -0.139. The van der Waals surface area contributed by atoms with E-state index in [-0.39, 0.29) is 29.8 Å². The highest BCUT2D eigenvalue weighted by Gasteiger charge is 2.31. The Bertz CT molecular complexity index is 888. The predicted molar refractivity (Wildman–Crippen MR) is 100 cm³/mol. The summed E-state index contributed by atoms with van der Waals surface area (Å²) in [5.41, 5.74) is 2.66. The van der Waals surface area contributed by atoms with Gasteiger partial charge in [0.2, 0.25) is 11.8 Å². The van der Waals surface area contributed by atoms with E-state index >= 15 is 0 Å². The first-order valence-corrected chi connectivity index (χ1v) is 8.77. The summed E-state index contributed by atoms with van der Waals surface area (Å²) in [7, 11) is 0. The van der Waals surface area contributed by atoms with Gasteiger partial charge in [-0.25, -0.2) is 0 Å². The molecule has 3 rings (SSSR count). The van der Waals surface area contributed by atoms with Crippen LogP contribution in [0.2, 0.25) is 0 Å². The Labute approximate surface area is 152 Å². The van der Waals surface area contributed by atoms with Gasteiger partial charge in [-0.05, 0) is 37.6 Å². The minimum atomic E-state index is -0.205. The number of hydrogen-bond donors (Lipinski definition) is 1. The number of carbonyl (C=O) groups is 2. The fraction of sp³-hybridized carbons (Fsp3) is 0.350. The third kappa shape index (κ3) is 4.02. The van der Waals surface area contributed by atoms with Crippen LogP contribution in [0, 0.1) is 13.8 Å². The number of pyridine rings is 1. The second kappa shape index (κ2) is 7.56. The van der Waals surface area contributed by atoms with Gasteiger partial charge in [0.05, 0.1) is 6.04 Å².